The minimum Gasteiger partial charge on any atom is -0.351 e. The molecule has 1 fully saturated rings. The number of nitrogens with zero attached hydrogens (tertiary/aromatic N) is 5. The maximum absolute atomic E-state index is 5.41. The van der Waals surface area contributed by atoms with Crippen LogP contribution in [0.2, 0.25) is 0 Å². The lowest BCUT2D eigenvalue weighted by molar-refractivity contribution is 0.601. The first-order chi connectivity index (χ1) is 9.74. The van der Waals surface area contributed by atoms with E-state index in [0.29, 0.717) is 23.9 Å². The van der Waals surface area contributed by atoms with Crippen molar-refractivity contribution in [2.75, 3.05) is 10.7 Å². The molecular weight excluding hydrogens is 256 g/mol. The van der Waals surface area contributed by atoms with Crippen LogP contribution < -0.4 is 16.6 Å². The zero-order valence-corrected chi connectivity index (χ0v) is 11.3. The van der Waals surface area contributed by atoms with E-state index in [-0.39, 0.29) is 0 Å². The number of hydrogen-bond donors (Lipinski definition) is 3. The van der Waals surface area contributed by atoms with Crippen molar-refractivity contribution in [3.8, 4) is 5.95 Å². The molecule has 2 atom stereocenters. The minimum absolute atomic E-state index is 0.319. The van der Waals surface area contributed by atoms with Gasteiger partial charge in [0.25, 0.3) is 5.95 Å². The molecule has 0 aliphatic heterocycles. The van der Waals surface area contributed by atoms with Gasteiger partial charge in [0.1, 0.15) is 0 Å². The second kappa shape index (κ2) is 5.41. The Balaban J connectivity index is 1.85. The summed E-state index contributed by atoms with van der Waals surface area (Å²) in [5, 5.41) is 7.46. The van der Waals surface area contributed by atoms with Gasteiger partial charge in [-0.05, 0) is 31.2 Å². The number of nitrogen functional groups attached to an aromatic ring is 1. The summed E-state index contributed by atoms with van der Waals surface area (Å²) in [6.45, 7) is 2.26. The van der Waals surface area contributed by atoms with E-state index in [1.54, 1.807) is 17.1 Å². The summed E-state index contributed by atoms with van der Waals surface area (Å²) in [6, 6.07) is 2.22. The van der Waals surface area contributed by atoms with Crippen LogP contribution in [0.5, 0.6) is 0 Å². The summed E-state index contributed by atoms with van der Waals surface area (Å²) in [6.07, 6.45) is 6.95. The highest BCUT2D eigenvalue weighted by atomic mass is 15.4. The molecule has 1 saturated carbocycles. The SMILES string of the molecule is CC1CCC(Nc2nc(NN)nc(-n3cccn3)n2)C1. The standard InChI is InChI=1S/C12H18N8/c1-8-3-4-9(7-8)15-10-16-11(19-13)18-12(17-10)20-6-2-5-14-20/h2,5-6,8-9H,3-4,7,13H2,1H3,(H2,15,16,17,18,19). The van der Waals surface area contributed by atoms with Crippen LogP contribution in [0, 0.1) is 5.92 Å². The molecule has 8 nitrogen and oxygen atoms in total. The Kier molecular flexibility index (Phi) is 3.46. The zero-order chi connectivity index (χ0) is 13.9. The van der Waals surface area contributed by atoms with Gasteiger partial charge in [0.05, 0.1) is 0 Å². The van der Waals surface area contributed by atoms with Gasteiger partial charge in [-0.15, -0.1) is 0 Å². The maximum Gasteiger partial charge on any atom is 0.257 e. The van der Waals surface area contributed by atoms with Crippen molar-refractivity contribution in [2.24, 2.45) is 11.8 Å². The van der Waals surface area contributed by atoms with Crippen molar-refractivity contribution in [1.29, 1.82) is 0 Å². The topological polar surface area (TPSA) is 107 Å². The first kappa shape index (κ1) is 12.8. The third kappa shape index (κ3) is 2.69. The second-order valence-electron chi connectivity index (χ2n) is 5.14. The largest absolute Gasteiger partial charge is 0.351 e. The van der Waals surface area contributed by atoms with E-state index in [1.807, 2.05) is 6.07 Å². The fourth-order valence-electron chi connectivity index (χ4n) is 2.50. The van der Waals surface area contributed by atoms with E-state index in [0.717, 1.165) is 18.8 Å². The van der Waals surface area contributed by atoms with Crippen LogP contribution in [0.25, 0.3) is 5.95 Å². The average molecular weight is 274 g/mol. The number of anilines is 2. The summed E-state index contributed by atoms with van der Waals surface area (Å²) in [5.74, 6) is 7.43. The predicted octanol–water partition coefficient (Wildman–Crippen LogP) is 0.943. The van der Waals surface area contributed by atoms with E-state index in [9.17, 15) is 0 Å². The monoisotopic (exact) mass is 274 g/mol. The highest BCUT2D eigenvalue weighted by Crippen LogP contribution is 2.26. The highest BCUT2D eigenvalue weighted by Gasteiger charge is 2.22. The van der Waals surface area contributed by atoms with Gasteiger partial charge >= 0.3 is 0 Å². The number of hydrazine groups is 1. The molecule has 106 valence electrons. The van der Waals surface area contributed by atoms with Crippen molar-refractivity contribution in [3.63, 3.8) is 0 Å². The maximum atomic E-state index is 5.41. The second-order valence-corrected chi connectivity index (χ2v) is 5.14. The number of nitrogens with two attached hydrogens (primary N) is 1. The smallest absolute Gasteiger partial charge is 0.257 e. The van der Waals surface area contributed by atoms with Crippen LogP contribution in [0.4, 0.5) is 11.9 Å². The van der Waals surface area contributed by atoms with E-state index in [1.165, 1.54) is 6.42 Å². The number of hydrogen-bond acceptors (Lipinski definition) is 7. The number of nitrogens with one attached hydrogen (secondary N) is 2. The third-order valence-electron chi connectivity index (χ3n) is 3.49. The molecule has 0 radical (unpaired) electrons. The number of aromatic nitrogens is 5. The molecule has 8 heteroatoms. The molecule has 0 bridgehead atoms. The molecule has 1 aliphatic carbocycles. The van der Waals surface area contributed by atoms with Crippen LogP contribution in [0.1, 0.15) is 26.2 Å². The van der Waals surface area contributed by atoms with Crippen LogP contribution in [-0.2, 0) is 0 Å². The molecular formula is C12H18N8. The van der Waals surface area contributed by atoms with E-state index >= 15 is 0 Å². The van der Waals surface area contributed by atoms with Gasteiger partial charge in [0, 0.05) is 18.4 Å². The summed E-state index contributed by atoms with van der Waals surface area (Å²) in [4.78, 5) is 12.8. The molecule has 2 unspecified atom stereocenters. The Morgan fingerprint density at radius 2 is 2.10 bits per heavy atom. The lowest BCUT2D eigenvalue weighted by atomic mass is 10.1. The molecule has 20 heavy (non-hydrogen) atoms. The van der Waals surface area contributed by atoms with Crippen LogP contribution >= 0.6 is 0 Å². The molecule has 0 amide bonds. The van der Waals surface area contributed by atoms with E-state index in [4.69, 9.17) is 5.84 Å². The van der Waals surface area contributed by atoms with Gasteiger partial charge in [-0.2, -0.15) is 20.1 Å². The fraction of sp³-hybridized carbons (Fsp3) is 0.500. The molecule has 3 rings (SSSR count). The van der Waals surface area contributed by atoms with Gasteiger partial charge < -0.3 is 5.32 Å². The Bertz CT molecular complexity index is 567. The number of rotatable bonds is 4. The summed E-state index contributed by atoms with van der Waals surface area (Å²) < 4.78 is 1.57. The van der Waals surface area contributed by atoms with Crippen molar-refractivity contribution < 1.29 is 0 Å². The molecule has 2 aromatic rings. The minimum atomic E-state index is 0.319. The Labute approximate surface area is 116 Å². The van der Waals surface area contributed by atoms with Crippen LogP contribution in [0.3, 0.4) is 0 Å². The molecule has 2 heterocycles. The van der Waals surface area contributed by atoms with E-state index in [2.05, 4.69) is 37.7 Å². The molecule has 0 aromatic carbocycles. The lowest BCUT2D eigenvalue weighted by Gasteiger charge is -2.13. The zero-order valence-electron chi connectivity index (χ0n) is 11.3. The summed E-state index contributed by atoms with van der Waals surface area (Å²) in [7, 11) is 0. The van der Waals surface area contributed by atoms with Crippen LogP contribution in [0.15, 0.2) is 18.5 Å². The lowest BCUT2D eigenvalue weighted by Crippen LogP contribution is -2.20. The Morgan fingerprint density at radius 3 is 2.75 bits per heavy atom. The molecule has 0 spiro atoms. The Morgan fingerprint density at radius 1 is 1.25 bits per heavy atom. The first-order valence-corrected chi connectivity index (χ1v) is 6.74. The predicted molar refractivity (Wildman–Crippen MR) is 75.2 cm³/mol. The van der Waals surface area contributed by atoms with Crippen LogP contribution in [-0.4, -0.2) is 30.8 Å². The van der Waals surface area contributed by atoms with Gasteiger partial charge in [0.15, 0.2) is 0 Å². The van der Waals surface area contributed by atoms with Crippen molar-refractivity contribution >= 4 is 11.9 Å². The molecule has 1 aliphatic rings. The third-order valence-corrected chi connectivity index (χ3v) is 3.49. The highest BCUT2D eigenvalue weighted by molar-refractivity contribution is 5.37. The Hall–Kier alpha value is -2.22. The van der Waals surface area contributed by atoms with Crippen molar-refractivity contribution in [3.05, 3.63) is 18.5 Å². The fourth-order valence-corrected chi connectivity index (χ4v) is 2.50. The van der Waals surface area contributed by atoms with Crippen molar-refractivity contribution in [2.45, 2.75) is 32.2 Å². The summed E-state index contributed by atoms with van der Waals surface area (Å²) in [5.41, 5.74) is 2.46. The van der Waals surface area contributed by atoms with Gasteiger partial charge in [0.2, 0.25) is 11.9 Å². The van der Waals surface area contributed by atoms with Gasteiger partial charge in [-0.25, -0.2) is 10.5 Å². The summed E-state index contributed by atoms with van der Waals surface area (Å²) >= 11 is 0. The normalized spacial score (nSPS) is 21.9. The molecule has 2 aromatic heterocycles. The quantitative estimate of drug-likeness (QED) is 0.562. The van der Waals surface area contributed by atoms with Gasteiger partial charge in [-0.3, -0.25) is 5.43 Å². The van der Waals surface area contributed by atoms with E-state index < -0.39 is 0 Å². The molecule has 0 saturated heterocycles. The first-order valence-electron chi connectivity index (χ1n) is 6.74. The molecule has 4 N–H and O–H groups in total. The van der Waals surface area contributed by atoms with Crippen molar-refractivity contribution in [1.82, 2.24) is 24.7 Å². The average Bonchev–Trinajstić information content (AvgIpc) is 3.10. The van der Waals surface area contributed by atoms with Gasteiger partial charge in [-0.1, -0.05) is 6.92 Å².